The lowest BCUT2D eigenvalue weighted by Gasteiger charge is -2.19. The third-order valence-electron chi connectivity index (χ3n) is 3.88. The molecule has 0 aliphatic heterocycles. The van der Waals surface area contributed by atoms with E-state index in [0.29, 0.717) is 6.61 Å². The van der Waals surface area contributed by atoms with Gasteiger partial charge in [-0.05, 0) is 35.4 Å². The van der Waals surface area contributed by atoms with Crippen LogP contribution in [0, 0.1) is 0 Å². The van der Waals surface area contributed by atoms with Gasteiger partial charge in [-0.15, -0.1) is 0 Å². The van der Waals surface area contributed by atoms with Gasteiger partial charge < -0.3 is 9.30 Å². The van der Waals surface area contributed by atoms with Gasteiger partial charge in [0.25, 0.3) is 0 Å². The smallest absolute Gasteiger partial charge is 0.110 e. The zero-order valence-corrected chi connectivity index (χ0v) is 16.5. The minimum absolute atomic E-state index is 0.0912. The van der Waals surface area contributed by atoms with Gasteiger partial charge in [-0.3, -0.25) is 0 Å². The molecule has 0 aliphatic rings. The Morgan fingerprint density at radius 2 is 1.50 bits per heavy atom. The standard InChI is InChI=1S/C19H18Br2N2O/c1-23-12-11-22-18(23)10-13-24-19(14-2-6-16(20)7-3-14)15-4-8-17(21)9-5-15/h2-9,11-12,19H,10,13H2,1H3. The van der Waals surface area contributed by atoms with Crippen LogP contribution >= 0.6 is 31.9 Å². The number of imidazole rings is 1. The topological polar surface area (TPSA) is 27.1 Å². The van der Waals surface area contributed by atoms with Gasteiger partial charge in [-0.2, -0.15) is 0 Å². The van der Waals surface area contributed by atoms with Crippen LogP contribution in [0.4, 0.5) is 0 Å². The van der Waals surface area contributed by atoms with E-state index in [1.807, 2.05) is 48.3 Å². The lowest BCUT2D eigenvalue weighted by atomic mass is 10.0. The van der Waals surface area contributed by atoms with Gasteiger partial charge in [0.05, 0.1) is 6.61 Å². The van der Waals surface area contributed by atoms with E-state index in [4.69, 9.17) is 4.74 Å². The molecule has 0 amide bonds. The Bertz CT molecular complexity index is 736. The molecule has 3 aromatic rings. The van der Waals surface area contributed by atoms with Gasteiger partial charge in [0.1, 0.15) is 11.9 Å². The lowest BCUT2D eigenvalue weighted by molar-refractivity contribution is 0.0813. The largest absolute Gasteiger partial charge is 0.368 e. The maximum Gasteiger partial charge on any atom is 0.110 e. The summed E-state index contributed by atoms with van der Waals surface area (Å²) in [4.78, 5) is 4.35. The number of hydrogen-bond donors (Lipinski definition) is 0. The van der Waals surface area contributed by atoms with Gasteiger partial charge in [0.15, 0.2) is 0 Å². The van der Waals surface area contributed by atoms with Crippen LogP contribution in [0.25, 0.3) is 0 Å². The van der Waals surface area contributed by atoms with E-state index in [9.17, 15) is 0 Å². The lowest BCUT2D eigenvalue weighted by Crippen LogP contribution is -2.10. The monoisotopic (exact) mass is 448 g/mol. The summed E-state index contributed by atoms with van der Waals surface area (Å²) in [5, 5.41) is 0. The maximum atomic E-state index is 6.24. The highest BCUT2D eigenvalue weighted by molar-refractivity contribution is 9.10. The highest BCUT2D eigenvalue weighted by Gasteiger charge is 2.15. The van der Waals surface area contributed by atoms with Crippen LogP contribution in [0.1, 0.15) is 23.1 Å². The Morgan fingerprint density at radius 3 is 1.96 bits per heavy atom. The van der Waals surface area contributed by atoms with Crippen molar-refractivity contribution in [1.29, 1.82) is 0 Å². The summed E-state index contributed by atoms with van der Waals surface area (Å²) < 4.78 is 10.4. The second-order valence-corrected chi connectivity index (χ2v) is 7.39. The van der Waals surface area contributed by atoms with E-state index in [0.717, 1.165) is 32.3 Å². The molecule has 1 heterocycles. The Labute approximate surface area is 158 Å². The molecule has 0 bridgehead atoms. The van der Waals surface area contributed by atoms with Crippen molar-refractivity contribution in [1.82, 2.24) is 9.55 Å². The normalized spacial score (nSPS) is 11.2. The molecule has 0 aliphatic carbocycles. The highest BCUT2D eigenvalue weighted by atomic mass is 79.9. The summed E-state index contributed by atoms with van der Waals surface area (Å²) in [6.07, 6.45) is 4.46. The third-order valence-corrected chi connectivity index (χ3v) is 4.93. The molecule has 0 saturated heterocycles. The molecular formula is C19H18Br2N2O. The Balaban J connectivity index is 1.77. The van der Waals surface area contributed by atoms with Crippen LogP contribution in [0.2, 0.25) is 0 Å². The van der Waals surface area contributed by atoms with E-state index in [1.165, 1.54) is 0 Å². The fourth-order valence-corrected chi connectivity index (χ4v) is 3.09. The molecule has 24 heavy (non-hydrogen) atoms. The minimum atomic E-state index is -0.0912. The second kappa shape index (κ2) is 8.10. The molecule has 3 nitrogen and oxygen atoms in total. The SMILES string of the molecule is Cn1ccnc1CCOC(c1ccc(Br)cc1)c1ccc(Br)cc1. The van der Waals surface area contributed by atoms with Crippen molar-refractivity contribution >= 4 is 31.9 Å². The summed E-state index contributed by atoms with van der Waals surface area (Å²) in [6.45, 7) is 0.613. The van der Waals surface area contributed by atoms with E-state index in [2.05, 4.69) is 61.1 Å². The first-order valence-corrected chi connectivity index (χ1v) is 9.31. The number of halogens is 2. The third kappa shape index (κ3) is 4.35. The Kier molecular flexibility index (Phi) is 5.87. The van der Waals surface area contributed by atoms with Crippen molar-refractivity contribution in [3.05, 3.63) is 86.8 Å². The molecule has 0 unspecified atom stereocenters. The zero-order chi connectivity index (χ0) is 16.9. The average molecular weight is 450 g/mol. The molecule has 0 atom stereocenters. The van der Waals surface area contributed by atoms with Gasteiger partial charge in [-0.1, -0.05) is 56.1 Å². The molecule has 5 heteroatoms. The number of aromatic nitrogens is 2. The number of hydrogen-bond acceptors (Lipinski definition) is 2. The van der Waals surface area contributed by atoms with Gasteiger partial charge >= 0.3 is 0 Å². The quantitative estimate of drug-likeness (QED) is 0.510. The van der Waals surface area contributed by atoms with E-state index < -0.39 is 0 Å². The van der Waals surface area contributed by atoms with Gasteiger partial charge in [0, 0.05) is 34.8 Å². The molecule has 0 saturated carbocycles. The van der Waals surface area contributed by atoms with Crippen LogP contribution in [0.15, 0.2) is 69.9 Å². The molecule has 0 N–H and O–H groups in total. The molecular weight excluding hydrogens is 432 g/mol. The van der Waals surface area contributed by atoms with Crippen LogP contribution < -0.4 is 0 Å². The predicted octanol–water partition coefficient (Wildman–Crippen LogP) is 5.29. The summed E-state index contributed by atoms with van der Waals surface area (Å²) in [5.74, 6) is 1.03. The van der Waals surface area contributed by atoms with Crippen LogP contribution in [-0.4, -0.2) is 16.2 Å². The first-order chi connectivity index (χ1) is 11.6. The van der Waals surface area contributed by atoms with E-state index in [-0.39, 0.29) is 6.10 Å². The second-order valence-electron chi connectivity index (χ2n) is 5.56. The van der Waals surface area contributed by atoms with E-state index >= 15 is 0 Å². The van der Waals surface area contributed by atoms with Crippen molar-refractivity contribution in [2.75, 3.05) is 6.61 Å². The van der Waals surface area contributed by atoms with Gasteiger partial charge in [0.2, 0.25) is 0 Å². The number of nitrogens with zero attached hydrogens (tertiary/aromatic N) is 2. The Hall–Kier alpha value is -1.43. The first-order valence-electron chi connectivity index (χ1n) is 7.72. The summed E-state index contributed by atoms with van der Waals surface area (Å²) in [5.41, 5.74) is 2.28. The number of benzene rings is 2. The molecule has 3 rings (SSSR count). The molecule has 0 radical (unpaired) electrons. The van der Waals surface area contributed by atoms with Crippen molar-refractivity contribution < 1.29 is 4.74 Å². The summed E-state index contributed by atoms with van der Waals surface area (Å²) in [6, 6.07) is 16.6. The minimum Gasteiger partial charge on any atom is -0.368 e. The van der Waals surface area contributed by atoms with Crippen molar-refractivity contribution in [2.24, 2.45) is 7.05 Å². The van der Waals surface area contributed by atoms with Crippen molar-refractivity contribution in [3.63, 3.8) is 0 Å². The van der Waals surface area contributed by atoms with Crippen molar-refractivity contribution in [2.45, 2.75) is 12.5 Å². The summed E-state index contributed by atoms with van der Waals surface area (Å²) >= 11 is 6.98. The fourth-order valence-electron chi connectivity index (χ4n) is 2.57. The highest BCUT2D eigenvalue weighted by Crippen LogP contribution is 2.28. The number of aryl methyl sites for hydroxylation is 1. The molecule has 0 fully saturated rings. The molecule has 124 valence electrons. The Morgan fingerprint density at radius 1 is 0.958 bits per heavy atom. The number of rotatable bonds is 6. The van der Waals surface area contributed by atoms with Crippen molar-refractivity contribution in [3.8, 4) is 0 Å². The average Bonchev–Trinajstić information content (AvgIpc) is 2.99. The molecule has 1 aromatic heterocycles. The van der Waals surface area contributed by atoms with Crippen LogP contribution in [0.3, 0.4) is 0 Å². The molecule has 2 aromatic carbocycles. The van der Waals surface area contributed by atoms with Crippen LogP contribution in [-0.2, 0) is 18.2 Å². The number of ether oxygens (including phenoxy) is 1. The van der Waals surface area contributed by atoms with Crippen LogP contribution in [0.5, 0.6) is 0 Å². The summed E-state index contributed by atoms with van der Waals surface area (Å²) in [7, 11) is 2.00. The van der Waals surface area contributed by atoms with Gasteiger partial charge in [-0.25, -0.2) is 4.98 Å². The predicted molar refractivity (Wildman–Crippen MR) is 103 cm³/mol. The zero-order valence-electron chi connectivity index (χ0n) is 13.3. The first kappa shape index (κ1) is 17.4. The van der Waals surface area contributed by atoms with E-state index in [1.54, 1.807) is 0 Å². The fraction of sp³-hybridized carbons (Fsp3) is 0.211. The maximum absolute atomic E-state index is 6.24. The molecule has 0 spiro atoms.